The highest BCUT2D eigenvalue weighted by Gasteiger charge is 2.35. The maximum Gasteiger partial charge on any atom is 0.418 e. The number of nitrogens with one attached hydrogen (secondary N) is 2. The molecule has 2 aromatic rings. The Morgan fingerprint density at radius 1 is 1.26 bits per heavy atom. The van der Waals surface area contributed by atoms with Crippen LogP contribution in [0, 0.1) is 0 Å². The van der Waals surface area contributed by atoms with Crippen LogP contribution >= 0.6 is 11.6 Å². The molecule has 0 saturated heterocycles. The third-order valence-electron chi connectivity index (χ3n) is 4.96. The molecule has 3 rings (SSSR count). The number of likely N-dealkylation sites (N-methyl/N-ethyl adjacent to an activating group) is 1. The zero-order chi connectivity index (χ0) is 19.6. The summed E-state index contributed by atoms with van der Waals surface area (Å²) in [5.74, 6) is -0.455. The van der Waals surface area contributed by atoms with Crippen molar-refractivity contribution >= 4 is 23.2 Å². The second kappa shape index (κ2) is 7.90. The van der Waals surface area contributed by atoms with Gasteiger partial charge in [0.2, 0.25) is 0 Å². The van der Waals surface area contributed by atoms with Gasteiger partial charge in [-0.25, -0.2) is 0 Å². The van der Waals surface area contributed by atoms with Crippen molar-refractivity contribution in [3.63, 3.8) is 0 Å². The van der Waals surface area contributed by atoms with Gasteiger partial charge in [0.05, 0.1) is 18.3 Å². The van der Waals surface area contributed by atoms with E-state index in [4.69, 9.17) is 11.6 Å². The van der Waals surface area contributed by atoms with E-state index in [1.807, 2.05) is 19.2 Å². The lowest BCUT2D eigenvalue weighted by atomic mass is 9.87. The zero-order valence-electron chi connectivity index (χ0n) is 14.9. The number of rotatable bonds is 4. The molecule has 0 spiro atoms. The fraction of sp³-hybridized carbons (Fsp3) is 0.350. The van der Waals surface area contributed by atoms with Gasteiger partial charge in [0.1, 0.15) is 6.04 Å². The molecule has 3 nitrogen and oxygen atoms in total. The molecule has 2 aromatic carbocycles. The van der Waals surface area contributed by atoms with Crippen LogP contribution in [0.2, 0.25) is 5.02 Å². The molecule has 7 heteroatoms. The molecule has 0 saturated carbocycles. The van der Waals surface area contributed by atoms with Gasteiger partial charge in [-0.2, -0.15) is 13.2 Å². The summed E-state index contributed by atoms with van der Waals surface area (Å²) < 4.78 is 39.5. The van der Waals surface area contributed by atoms with Crippen LogP contribution < -0.4 is 10.2 Å². The summed E-state index contributed by atoms with van der Waals surface area (Å²) in [6, 6.07) is 11.7. The highest BCUT2D eigenvalue weighted by molar-refractivity contribution is 6.30. The third kappa shape index (κ3) is 4.62. The molecule has 1 unspecified atom stereocenters. The van der Waals surface area contributed by atoms with Crippen molar-refractivity contribution in [2.45, 2.75) is 31.5 Å². The highest BCUT2D eigenvalue weighted by Crippen LogP contribution is 2.36. The molecule has 0 aliphatic heterocycles. The molecule has 0 aromatic heterocycles. The monoisotopic (exact) mass is 397 g/mol. The quantitative estimate of drug-likeness (QED) is 0.806. The van der Waals surface area contributed by atoms with E-state index in [1.54, 1.807) is 0 Å². The largest absolute Gasteiger partial charge is 0.418 e. The van der Waals surface area contributed by atoms with E-state index in [0.29, 0.717) is 0 Å². The Kier molecular flexibility index (Phi) is 5.77. The van der Waals surface area contributed by atoms with Gasteiger partial charge in [0.15, 0.2) is 6.54 Å². The number of anilines is 1. The van der Waals surface area contributed by atoms with Gasteiger partial charge < -0.3 is 10.2 Å². The first-order chi connectivity index (χ1) is 12.8. The number of carbonyl (C=O) groups is 1. The summed E-state index contributed by atoms with van der Waals surface area (Å²) in [6.07, 6.45) is -1.58. The van der Waals surface area contributed by atoms with Gasteiger partial charge in [-0.15, -0.1) is 0 Å². The Morgan fingerprint density at radius 2 is 2.00 bits per heavy atom. The predicted octanol–water partition coefficient (Wildman–Crippen LogP) is 3.89. The van der Waals surface area contributed by atoms with Crippen LogP contribution in [0.1, 0.15) is 35.6 Å². The van der Waals surface area contributed by atoms with Crippen molar-refractivity contribution in [3.8, 4) is 0 Å². The van der Waals surface area contributed by atoms with Crippen LogP contribution in [-0.2, 0) is 17.4 Å². The van der Waals surface area contributed by atoms with Crippen molar-refractivity contribution in [1.82, 2.24) is 0 Å². The number of hydrogen-bond donors (Lipinski definition) is 2. The summed E-state index contributed by atoms with van der Waals surface area (Å²) in [5, 5.41) is 2.37. The van der Waals surface area contributed by atoms with Crippen LogP contribution in [0.4, 0.5) is 18.9 Å². The molecule has 1 amide bonds. The van der Waals surface area contributed by atoms with E-state index in [0.717, 1.165) is 30.2 Å². The number of benzene rings is 2. The van der Waals surface area contributed by atoms with Crippen molar-refractivity contribution in [2.24, 2.45) is 0 Å². The molecule has 0 heterocycles. The molecule has 27 heavy (non-hydrogen) atoms. The van der Waals surface area contributed by atoms with Gasteiger partial charge in [-0.1, -0.05) is 35.9 Å². The van der Waals surface area contributed by atoms with E-state index in [9.17, 15) is 18.0 Å². The summed E-state index contributed by atoms with van der Waals surface area (Å²) in [4.78, 5) is 13.4. The average Bonchev–Trinajstić information content (AvgIpc) is 2.61. The fourth-order valence-corrected chi connectivity index (χ4v) is 3.87. The minimum atomic E-state index is -4.59. The zero-order valence-corrected chi connectivity index (χ0v) is 15.6. The van der Waals surface area contributed by atoms with Crippen molar-refractivity contribution in [3.05, 3.63) is 64.2 Å². The van der Waals surface area contributed by atoms with E-state index in [2.05, 4.69) is 17.4 Å². The molecular formula is C20H21ClF3N2O+. The van der Waals surface area contributed by atoms with Gasteiger partial charge >= 0.3 is 6.18 Å². The number of fused-ring (bicyclic) bond motifs is 1. The van der Waals surface area contributed by atoms with Gasteiger partial charge in [0, 0.05) is 17.0 Å². The maximum absolute atomic E-state index is 13.2. The van der Waals surface area contributed by atoms with Crippen molar-refractivity contribution < 1.29 is 22.9 Å². The predicted molar refractivity (Wildman–Crippen MR) is 99.0 cm³/mol. The molecule has 144 valence electrons. The maximum atomic E-state index is 13.2. The van der Waals surface area contributed by atoms with E-state index in [1.165, 1.54) is 23.3 Å². The smallest absolute Gasteiger partial charge is 0.323 e. The van der Waals surface area contributed by atoms with Crippen LogP contribution in [0.3, 0.4) is 0 Å². The SMILES string of the molecule is C[NH+](CC(=O)Nc1ccc(Cl)cc1C(F)(F)F)[C@H]1CCCc2ccccc21. The van der Waals surface area contributed by atoms with Gasteiger partial charge in [-0.3, -0.25) is 4.79 Å². The molecule has 1 aliphatic carbocycles. The summed E-state index contributed by atoms with van der Waals surface area (Å²) >= 11 is 5.68. The summed E-state index contributed by atoms with van der Waals surface area (Å²) in [7, 11) is 1.90. The number of carbonyl (C=O) groups excluding carboxylic acids is 1. The Balaban J connectivity index is 1.72. The topological polar surface area (TPSA) is 33.5 Å². The van der Waals surface area contributed by atoms with Crippen LogP contribution in [0.5, 0.6) is 0 Å². The fourth-order valence-electron chi connectivity index (χ4n) is 3.70. The molecule has 0 radical (unpaired) electrons. The number of amides is 1. The molecule has 1 aliphatic rings. The molecular weight excluding hydrogens is 377 g/mol. The first-order valence-corrected chi connectivity index (χ1v) is 9.20. The summed E-state index contributed by atoms with van der Waals surface area (Å²) in [5.41, 5.74) is 1.29. The first-order valence-electron chi connectivity index (χ1n) is 8.82. The molecule has 0 fully saturated rings. The number of aryl methyl sites for hydroxylation is 1. The lowest BCUT2D eigenvalue weighted by molar-refractivity contribution is -0.905. The van der Waals surface area contributed by atoms with Gasteiger partial charge in [0.25, 0.3) is 5.91 Å². The Hall–Kier alpha value is -2.05. The number of hydrogen-bond acceptors (Lipinski definition) is 1. The Labute approximate surface area is 161 Å². The van der Waals surface area contributed by atoms with Crippen molar-refractivity contribution in [2.75, 3.05) is 18.9 Å². The number of halogens is 4. The average molecular weight is 398 g/mol. The van der Waals surface area contributed by atoms with Crippen LogP contribution in [0.15, 0.2) is 42.5 Å². The second-order valence-corrected chi connectivity index (χ2v) is 7.34. The molecule has 2 N–H and O–H groups in total. The van der Waals surface area contributed by atoms with E-state index in [-0.39, 0.29) is 23.3 Å². The normalized spacial score (nSPS) is 17.9. The Bertz CT molecular complexity index is 838. The first kappa shape index (κ1) is 19.7. The molecule has 2 atom stereocenters. The van der Waals surface area contributed by atoms with E-state index < -0.39 is 17.6 Å². The lowest BCUT2D eigenvalue weighted by Gasteiger charge is -2.30. The summed E-state index contributed by atoms with van der Waals surface area (Å²) in [6.45, 7) is 0.0823. The highest BCUT2D eigenvalue weighted by atomic mass is 35.5. The minimum absolute atomic E-state index is 0.0260. The number of quaternary nitrogens is 1. The minimum Gasteiger partial charge on any atom is -0.323 e. The van der Waals surface area contributed by atoms with Crippen LogP contribution in [-0.4, -0.2) is 19.5 Å². The lowest BCUT2D eigenvalue weighted by Crippen LogP contribution is -3.10. The van der Waals surface area contributed by atoms with Crippen LogP contribution in [0.25, 0.3) is 0 Å². The number of alkyl halides is 3. The van der Waals surface area contributed by atoms with E-state index >= 15 is 0 Å². The molecule has 0 bridgehead atoms. The van der Waals surface area contributed by atoms with Crippen molar-refractivity contribution in [1.29, 1.82) is 0 Å². The standard InChI is InChI=1S/C20H20ClF3N2O/c1-26(18-8-4-6-13-5-2-3-7-15(13)18)12-19(27)25-17-10-9-14(21)11-16(17)20(22,23)24/h2-3,5,7,9-11,18H,4,6,8,12H2,1H3,(H,25,27)/p+1/t18-/m0/s1. The third-order valence-corrected chi connectivity index (χ3v) is 5.20. The second-order valence-electron chi connectivity index (χ2n) is 6.90. The van der Waals surface area contributed by atoms with Gasteiger partial charge in [-0.05, 0) is 36.6 Å². The Morgan fingerprint density at radius 3 is 2.74 bits per heavy atom.